The minimum absolute atomic E-state index is 0.0994. The van der Waals surface area contributed by atoms with Gasteiger partial charge in [0.05, 0.1) is 5.56 Å². The van der Waals surface area contributed by atoms with Crippen molar-refractivity contribution in [3.63, 3.8) is 0 Å². The minimum atomic E-state index is -0.946. The third-order valence-corrected chi connectivity index (χ3v) is 3.56. The summed E-state index contributed by atoms with van der Waals surface area (Å²) in [6.45, 7) is 0.453. The maximum absolute atomic E-state index is 12.1. The van der Waals surface area contributed by atoms with Gasteiger partial charge in [-0.1, -0.05) is 24.3 Å². The van der Waals surface area contributed by atoms with Gasteiger partial charge in [0.1, 0.15) is 0 Å². The van der Waals surface area contributed by atoms with E-state index in [1.807, 2.05) is 0 Å². The number of hydrogen-bond acceptors (Lipinski definition) is 2. The molecule has 1 aliphatic carbocycles. The largest absolute Gasteiger partial charge is 0.478 e. The van der Waals surface area contributed by atoms with E-state index >= 15 is 0 Å². The van der Waals surface area contributed by atoms with Crippen molar-refractivity contribution in [2.75, 3.05) is 7.05 Å². The van der Waals surface area contributed by atoms with Crippen LogP contribution in [0.25, 0.3) is 0 Å². The predicted molar refractivity (Wildman–Crippen MR) is 80.2 cm³/mol. The van der Waals surface area contributed by atoms with Crippen LogP contribution in [0.2, 0.25) is 0 Å². The van der Waals surface area contributed by atoms with E-state index in [2.05, 4.69) is 17.5 Å². The van der Waals surface area contributed by atoms with Crippen LogP contribution in [0.4, 0.5) is 4.79 Å². The van der Waals surface area contributed by atoms with E-state index in [1.54, 1.807) is 36.2 Å². The number of urea groups is 1. The number of carboxylic acids is 1. The highest BCUT2D eigenvalue weighted by molar-refractivity contribution is 5.87. The highest BCUT2D eigenvalue weighted by Crippen LogP contribution is 2.12. The molecule has 0 heterocycles. The second-order valence-corrected chi connectivity index (χ2v) is 5.29. The van der Waals surface area contributed by atoms with Crippen molar-refractivity contribution in [3.8, 4) is 0 Å². The van der Waals surface area contributed by atoms with Crippen LogP contribution in [0.1, 0.15) is 35.2 Å². The summed E-state index contributed by atoms with van der Waals surface area (Å²) in [5, 5.41) is 11.9. The first-order valence-corrected chi connectivity index (χ1v) is 7.05. The molecule has 0 radical (unpaired) electrons. The SMILES string of the molecule is CN(Cc1ccc(C(=O)O)cc1)C(=O)NC1CC=CCC1. The molecule has 0 aromatic heterocycles. The van der Waals surface area contributed by atoms with Gasteiger partial charge in [-0.15, -0.1) is 0 Å². The summed E-state index contributed by atoms with van der Waals surface area (Å²) in [7, 11) is 1.74. The molecule has 0 aliphatic heterocycles. The number of carbonyl (C=O) groups excluding carboxylic acids is 1. The molecule has 0 fully saturated rings. The normalized spacial score (nSPS) is 17.3. The molecule has 2 rings (SSSR count). The Kier molecular flexibility index (Phi) is 4.98. The number of allylic oxidation sites excluding steroid dienone is 1. The first-order chi connectivity index (χ1) is 10.1. The van der Waals surface area contributed by atoms with Gasteiger partial charge in [0.2, 0.25) is 0 Å². The molecule has 2 N–H and O–H groups in total. The van der Waals surface area contributed by atoms with E-state index in [9.17, 15) is 9.59 Å². The minimum Gasteiger partial charge on any atom is -0.478 e. The van der Waals surface area contributed by atoms with Crippen molar-refractivity contribution in [3.05, 3.63) is 47.5 Å². The summed E-state index contributed by atoms with van der Waals surface area (Å²) in [5.41, 5.74) is 1.15. The highest BCUT2D eigenvalue weighted by Gasteiger charge is 2.16. The number of aromatic carboxylic acids is 1. The third kappa shape index (κ3) is 4.34. The Morgan fingerprint density at radius 3 is 2.57 bits per heavy atom. The fourth-order valence-electron chi connectivity index (χ4n) is 2.31. The molecule has 1 atom stereocenters. The van der Waals surface area contributed by atoms with Gasteiger partial charge in [-0.05, 0) is 37.0 Å². The van der Waals surface area contributed by atoms with E-state index in [1.165, 1.54) is 0 Å². The Hall–Kier alpha value is -2.30. The molecule has 0 saturated heterocycles. The summed E-state index contributed by atoms with van der Waals surface area (Å²) in [6.07, 6.45) is 7.09. The maximum atomic E-state index is 12.1. The number of amides is 2. The van der Waals surface area contributed by atoms with Gasteiger partial charge in [0.15, 0.2) is 0 Å². The van der Waals surface area contributed by atoms with Gasteiger partial charge in [0, 0.05) is 19.6 Å². The van der Waals surface area contributed by atoms with Crippen LogP contribution in [-0.4, -0.2) is 35.1 Å². The first-order valence-electron chi connectivity index (χ1n) is 7.05. The smallest absolute Gasteiger partial charge is 0.335 e. The van der Waals surface area contributed by atoms with Crippen molar-refractivity contribution in [1.29, 1.82) is 0 Å². The number of nitrogens with zero attached hydrogens (tertiary/aromatic N) is 1. The van der Waals surface area contributed by atoms with Crippen LogP contribution in [0.5, 0.6) is 0 Å². The molecule has 0 spiro atoms. The zero-order valence-corrected chi connectivity index (χ0v) is 12.1. The average molecular weight is 288 g/mol. The molecule has 5 nitrogen and oxygen atoms in total. The second kappa shape index (κ2) is 6.92. The number of rotatable bonds is 4. The Balaban J connectivity index is 1.87. The summed E-state index contributed by atoms with van der Waals surface area (Å²) >= 11 is 0. The molecular weight excluding hydrogens is 268 g/mol. The zero-order chi connectivity index (χ0) is 15.2. The molecule has 1 unspecified atom stereocenters. The second-order valence-electron chi connectivity index (χ2n) is 5.29. The Morgan fingerprint density at radius 2 is 2.00 bits per heavy atom. The van der Waals surface area contributed by atoms with E-state index in [-0.39, 0.29) is 17.6 Å². The number of hydrogen-bond donors (Lipinski definition) is 2. The molecule has 1 aromatic rings. The summed E-state index contributed by atoms with van der Waals surface area (Å²) in [6, 6.07) is 6.68. The van der Waals surface area contributed by atoms with Gasteiger partial charge in [-0.3, -0.25) is 0 Å². The molecular formula is C16H20N2O3. The average Bonchev–Trinajstić information content (AvgIpc) is 2.48. The van der Waals surface area contributed by atoms with Crippen molar-refractivity contribution in [2.24, 2.45) is 0 Å². The molecule has 0 bridgehead atoms. The molecule has 112 valence electrons. The van der Waals surface area contributed by atoms with Crippen LogP contribution in [0, 0.1) is 0 Å². The van der Waals surface area contributed by atoms with Crippen molar-refractivity contribution < 1.29 is 14.7 Å². The van der Waals surface area contributed by atoms with Gasteiger partial charge < -0.3 is 15.3 Å². The van der Waals surface area contributed by atoms with Crippen molar-refractivity contribution in [1.82, 2.24) is 10.2 Å². The van der Waals surface area contributed by atoms with E-state index < -0.39 is 5.97 Å². The topological polar surface area (TPSA) is 69.6 Å². The molecule has 1 aliphatic rings. The van der Waals surface area contributed by atoms with Crippen LogP contribution in [-0.2, 0) is 6.54 Å². The lowest BCUT2D eigenvalue weighted by Gasteiger charge is -2.24. The Morgan fingerprint density at radius 1 is 1.29 bits per heavy atom. The predicted octanol–water partition coefficient (Wildman–Crippen LogP) is 2.63. The lowest BCUT2D eigenvalue weighted by atomic mass is 10.0. The summed E-state index contributed by atoms with van der Waals surface area (Å²) in [5.74, 6) is -0.946. The fourth-order valence-corrected chi connectivity index (χ4v) is 2.31. The number of nitrogens with one attached hydrogen (secondary N) is 1. The lowest BCUT2D eigenvalue weighted by molar-refractivity contribution is 0.0697. The molecule has 0 saturated carbocycles. The third-order valence-electron chi connectivity index (χ3n) is 3.56. The number of carboxylic acid groups (broad SMARTS) is 1. The van der Waals surface area contributed by atoms with Crippen molar-refractivity contribution in [2.45, 2.75) is 31.8 Å². The fraction of sp³-hybridized carbons (Fsp3) is 0.375. The molecule has 5 heteroatoms. The molecule has 2 amide bonds. The first kappa shape index (κ1) is 15.1. The van der Waals surface area contributed by atoms with Crippen LogP contribution < -0.4 is 5.32 Å². The van der Waals surface area contributed by atoms with E-state index in [0.717, 1.165) is 24.8 Å². The summed E-state index contributed by atoms with van der Waals surface area (Å²) < 4.78 is 0. The summed E-state index contributed by atoms with van der Waals surface area (Å²) in [4.78, 5) is 24.5. The van der Waals surface area contributed by atoms with Crippen LogP contribution in [0.15, 0.2) is 36.4 Å². The van der Waals surface area contributed by atoms with E-state index in [0.29, 0.717) is 6.54 Å². The molecule has 1 aromatic carbocycles. The quantitative estimate of drug-likeness (QED) is 0.837. The van der Waals surface area contributed by atoms with Gasteiger partial charge >= 0.3 is 12.0 Å². The standard InChI is InChI=1S/C16H20N2O3/c1-18(16(21)17-14-5-3-2-4-6-14)11-12-7-9-13(10-8-12)15(19)20/h2-3,7-10,14H,4-6,11H2,1H3,(H,17,21)(H,19,20). The molecule has 21 heavy (non-hydrogen) atoms. The van der Waals surface area contributed by atoms with E-state index in [4.69, 9.17) is 5.11 Å². The highest BCUT2D eigenvalue weighted by atomic mass is 16.4. The maximum Gasteiger partial charge on any atom is 0.335 e. The number of carbonyl (C=O) groups is 2. The number of benzene rings is 1. The zero-order valence-electron chi connectivity index (χ0n) is 12.1. The van der Waals surface area contributed by atoms with Gasteiger partial charge in [-0.25, -0.2) is 9.59 Å². The Bertz CT molecular complexity index is 537. The van der Waals surface area contributed by atoms with Crippen molar-refractivity contribution >= 4 is 12.0 Å². The van der Waals surface area contributed by atoms with Crippen LogP contribution >= 0.6 is 0 Å². The Labute approximate surface area is 124 Å². The van der Waals surface area contributed by atoms with Gasteiger partial charge in [-0.2, -0.15) is 0 Å². The van der Waals surface area contributed by atoms with Gasteiger partial charge in [0.25, 0.3) is 0 Å². The monoisotopic (exact) mass is 288 g/mol. The lowest BCUT2D eigenvalue weighted by Crippen LogP contribution is -2.43. The van der Waals surface area contributed by atoms with Crippen LogP contribution in [0.3, 0.4) is 0 Å².